The van der Waals surface area contributed by atoms with Crippen molar-refractivity contribution in [3.8, 4) is 0 Å². The Morgan fingerprint density at radius 2 is 1.81 bits per heavy atom. The Balaban J connectivity index is 1.97. The first-order valence-corrected chi connectivity index (χ1v) is 6.41. The van der Waals surface area contributed by atoms with Gasteiger partial charge in [0.2, 0.25) is 5.91 Å². The third-order valence-electron chi connectivity index (χ3n) is 4.01. The normalized spacial score (nSPS) is 37.2. The fourth-order valence-corrected chi connectivity index (χ4v) is 3.09. The molecule has 0 bridgehead atoms. The van der Waals surface area contributed by atoms with E-state index in [1.165, 1.54) is 6.42 Å². The van der Waals surface area contributed by atoms with E-state index < -0.39 is 0 Å². The van der Waals surface area contributed by atoms with Gasteiger partial charge in [-0.3, -0.25) is 9.69 Å². The number of nitrogens with zero attached hydrogens (tertiary/aromatic N) is 1. The number of piperidine rings is 1. The van der Waals surface area contributed by atoms with Crippen molar-refractivity contribution >= 4 is 5.91 Å². The van der Waals surface area contributed by atoms with Crippen molar-refractivity contribution in [2.45, 2.75) is 63.1 Å². The molecule has 1 aliphatic carbocycles. The zero-order valence-electron chi connectivity index (χ0n) is 9.77. The Hall–Kier alpha value is -0.610. The largest absolute Gasteiger partial charge is 0.393 e. The number of hydrogen-bond donors (Lipinski definition) is 2. The smallest absolute Gasteiger partial charge is 0.234 e. The third kappa shape index (κ3) is 2.55. The molecule has 1 atom stereocenters. The summed E-state index contributed by atoms with van der Waals surface area (Å²) in [4.78, 5) is 13.7. The van der Waals surface area contributed by atoms with E-state index in [1.54, 1.807) is 0 Å². The highest BCUT2D eigenvalue weighted by Crippen LogP contribution is 2.28. The van der Waals surface area contributed by atoms with E-state index in [2.05, 4.69) is 4.90 Å². The fourth-order valence-electron chi connectivity index (χ4n) is 3.09. The number of rotatable bonds is 2. The van der Waals surface area contributed by atoms with E-state index in [9.17, 15) is 9.90 Å². The van der Waals surface area contributed by atoms with Gasteiger partial charge in [0.15, 0.2) is 0 Å². The highest BCUT2D eigenvalue weighted by atomic mass is 16.3. The molecule has 2 rings (SSSR count). The van der Waals surface area contributed by atoms with Gasteiger partial charge in [0, 0.05) is 6.04 Å². The number of carbonyl (C=O) groups excluding carboxylic acids is 1. The summed E-state index contributed by atoms with van der Waals surface area (Å²) in [5.74, 6) is -0.175. The fraction of sp³-hybridized carbons (Fsp3) is 0.917. The predicted octanol–water partition coefficient (Wildman–Crippen LogP) is 0.630. The van der Waals surface area contributed by atoms with Gasteiger partial charge in [0.05, 0.1) is 12.1 Å². The summed E-state index contributed by atoms with van der Waals surface area (Å²) in [7, 11) is 0. The van der Waals surface area contributed by atoms with Crippen LogP contribution in [-0.4, -0.2) is 40.6 Å². The molecule has 0 aromatic rings. The topological polar surface area (TPSA) is 66.6 Å². The van der Waals surface area contributed by atoms with Gasteiger partial charge in [-0.15, -0.1) is 0 Å². The molecule has 1 unspecified atom stereocenters. The number of hydrogen-bond acceptors (Lipinski definition) is 3. The average molecular weight is 226 g/mol. The first-order chi connectivity index (χ1) is 7.68. The van der Waals surface area contributed by atoms with Crippen LogP contribution in [0, 0.1) is 0 Å². The van der Waals surface area contributed by atoms with E-state index in [-0.39, 0.29) is 18.1 Å². The van der Waals surface area contributed by atoms with E-state index in [0.717, 1.165) is 45.1 Å². The van der Waals surface area contributed by atoms with Crippen LogP contribution in [0.25, 0.3) is 0 Å². The second-order valence-corrected chi connectivity index (χ2v) is 5.11. The van der Waals surface area contributed by atoms with Crippen molar-refractivity contribution in [2.24, 2.45) is 5.73 Å². The number of likely N-dealkylation sites (tertiary alicyclic amines) is 1. The molecule has 1 saturated carbocycles. The predicted molar refractivity (Wildman–Crippen MR) is 61.8 cm³/mol. The molecular weight excluding hydrogens is 204 g/mol. The molecule has 0 radical (unpaired) electrons. The van der Waals surface area contributed by atoms with Crippen molar-refractivity contribution in [3.05, 3.63) is 0 Å². The molecule has 4 heteroatoms. The number of aliphatic hydroxyl groups excluding tert-OH is 1. The summed E-state index contributed by atoms with van der Waals surface area (Å²) >= 11 is 0. The van der Waals surface area contributed by atoms with Gasteiger partial charge in [-0.05, 0) is 45.1 Å². The molecule has 3 N–H and O–H groups in total. The second kappa shape index (κ2) is 5.15. The summed E-state index contributed by atoms with van der Waals surface area (Å²) in [6.45, 7) is 0.994. The van der Waals surface area contributed by atoms with Gasteiger partial charge in [-0.2, -0.15) is 0 Å². The van der Waals surface area contributed by atoms with Crippen LogP contribution < -0.4 is 5.73 Å². The number of amides is 1. The lowest BCUT2D eigenvalue weighted by Gasteiger charge is -2.42. The molecular formula is C12H22N2O2. The SMILES string of the molecule is NC(=O)C1CCCCN1C1CCC(O)CC1. The Morgan fingerprint density at radius 3 is 2.44 bits per heavy atom. The lowest BCUT2D eigenvalue weighted by Crippen LogP contribution is -2.53. The average Bonchev–Trinajstić information content (AvgIpc) is 2.30. The summed E-state index contributed by atoms with van der Waals surface area (Å²) in [6, 6.07) is 0.398. The standard InChI is InChI=1S/C12H22N2O2/c13-12(16)11-3-1-2-8-14(11)9-4-6-10(15)7-5-9/h9-11,15H,1-8H2,(H2,13,16). The van der Waals surface area contributed by atoms with E-state index in [1.807, 2.05) is 0 Å². The highest BCUT2D eigenvalue weighted by Gasteiger charge is 2.33. The maximum absolute atomic E-state index is 11.4. The Morgan fingerprint density at radius 1 is 1.12 bits per heavy atom. The molecule has 1 amide bonds. The van der Waals surface area contributed by atoms with E-state index in [0.29, 0.717) is 6.04 Å². The minimum atomic E-state index is -0.175. The first kappa shape index (κ1) is 11.9. The monoisotopic (exact) mass is 226 g/mol. The van der Waals surface area contributed by atoms with Crippen LogP contribution in [0.5, 0.6) is 0 Å². The molecule has 16 heavy (non-hydrogen) atoms. The van der Waals surface area contributed by atoms with Gasteiger partial charge in [0.1, 0.15) is 0 Å². The van der Waals surface area contributed by atoms with Crippen LogP contribution in [0.2, 0.25) is 0 Å². The number of carbonyl (C=O) groups is 1. The molecule has 1 saturated heterocycles. The van der Waals surface area contributed by atoms with E-state index >= 15 is 0 Å². The van der Waals surface area contributed by atoms with Gasteiger partial charge < -0.3 is 10.8 Å². The van der Waals surface area contributed by atoms with Crippen molar-refractivity contribution in [1.82, 2.24) is 4.90 Å². The van der Waals surface area contributed by atoms with Crippen LogP contribution >= 0.6 is 0 Å². The van der Waals surface area contributed by atoms with Gasteiger partial charge in [-0.25, -0.2) is 0 Å². The van der Waals surface area contributed by atoms with Crippen LogP contribution in [0.4, 0.5) is 0 Å². The van der Waals surface area contributed by atoms with Crippen molar-refractivity contribution in [1.29, 1.82) is 0 Å². The Bertz CT molecular complexity index is 249. The third-order valence-corrected chi connectivity index (χ3v) is 4.01. The number of primary amides is 1. The highest BCUT2D eigenvalue weighted by molar-refractivity contribution is 5.80. The zero-order chi connectivity index (χ0) is 11.5. The van der Waals surface area contributed by atoms with Crippen molar-refractivity contribution in [3.63, 3.8) is 0 Å². The molecule has 1 aliphatic heterocycles. The lowest BCUT2D eigenvalue weighted by atomic mass is 9.89. The molecule has 1 heterocycles. The molecule has 92 valence electrons. The summed E-state index contributed by atoms with van der Waals surface area (Å²) in [5.41, 5.74) is 5.46. The lowest BCUT2D eigenvalue weighted by molar-refractivity contribution is -0.126. The summed E-state index contributed by atoms with van der Waals surface area (Å²) in [6.07, 6.45) is 6.80. The van der Waals surface area contributed by atoms with Crippen LogP contribution in [0.15, 0.2) is 0 Å². The maximum atomic E-state index is 11.4. The van der Waals surface area contributed by atoms with Crippen LogP contribution in [0.3, 0.4) is 0 Å². The molecule has 0 aromatic carbocycles. The quantitative estimate of drug-likeness (QED) is 0.725. The van der Waals surface area contributed by atoms with Crippen LogP contribution in [-0.2, 0) is 4.79 Å². The molecule has 2 fully saturated rings. The van der Waals surface area contributed by atoms with Crippen molar-refractivity contribution in [2.75, 3.05) is 6.54 Å². The van der Waals surface area contributed by atoms with Crippen LogP contribution in [0.1, 0.15) is 44.9 Å². The molecule has 4 nitrogen and oxygen atoms in total. The first-order valence-electron chi connectivity index (χ1n) is 6.41. The summed E-state index contributed by atoms with van der Waals surface area (Å²) < 4.78 is 0. The Labute approximate surface area is 96.8 Å². The van der Waals surface area contributed by atoms with Gasteiger partial charge >= 0.3 is 0 Å². The molecule has 0 aromatic heterocycles. The zero-order valence-corrected chi connectivity index (χ0v) is 9.77. The second-order valence-electron chi connectivity index (χ2n) is 5.11. The number of nitrogens with two attached hydrogens (primary N) is 1. The maximum Gasteiger partial charge on any atom is 0.234 e. The summed E-state index contributed by atoms with van der Waals surface area (Å²) in [5, 5.41) is 9.49. The molecule has 2 aliphatic rings. The minimum absolute atomic E-state index is 0.0611. The Kier molecular flexibility index (Phi) is 3.82. The van der Waals surface area contributed by atoms with E-state index in [4.69, 9.17) is 5.73 Å². The van der Waals surface area contributed by atoms with Gasteiger partial charge in [0.25, 0.3) is 0 Å². The van der Waals surface area contributed by atoms with Crippen molar-refractivity contribution < 1.29 is 9.90 Å². The molecule has 0 spiro atoms. The minimum Gasteiger partial charge on any atom is -0.393 e. The van der Waals surface area contributed by atoms with Gasteiger partial charge in [-0.1, -0.05) is 6.42 Å². The number of aliphatic hydroxyl groups is 1.